The molecule has 0 aromatic rings. The number of carbonyl (C=O) groups excluding carboxylic acids is 1. The summed E-state index contributed by atoms with van der Waals surface area (Å²) in [7, 11) is 1.97. The molecule has 1 unspecified atom stereocenters. The molecule has 0 aromatic carbocycles. The summed E-state index contributed by atoms with van der Waals surface area (Å²) in [6.45, 7) is 5.11. The van der Waals surface area contributed by atoms with Gasteiger partial charge in [0.05, 0.1) is 6.04 Å². The lowest BCUT2D eigenvalue weighted by atomic mass is 9.94. The Bertz CT molecular complexity index is 202. The summed E-state index contributed by atoms with van der Waals surface area (Å²) in [4.78, 5) is 13.0. The van der Waals surface area contributed by atoms with Gasteiger partial charge in [0.25, 0.3) is 0 Å². The third-order valence-electron chi connectivity index (χ3n) is 3.42. The fourth-order valence-electron chi connectivity index (χ4n) is 1.97. The highest BCUT2D eigenvalue weighted by atomic mass is 16.1. The lowest BCUT2D eigenvalue weighted by Crippen LogP contribution is -2.41. The van der Waals surface area contributed by atoms with Crippen LogP contribution >= 0.6 is 0 Å². The van der Waals surface area contributed by atoms with Crippen molar-refractivity contribution < 1.29 is 4.79 Å². The molecule has 1 heterocycles. The number of nitrogens with one attached hydrogen (secondary N) is 1. The standard InChI is InChI=1S/C11H23N3O/c1-9(11(12)15)14(2)8-5-10-3-6-13-7-4-10/h9-10,13H,3-8H2,1-2H3,(H2,12,15). The molecule has 4 nitrogen and oxygen atoms in total. The van der Waals surface area contributed by atoms with Gasteiger partial charge in [0.2, 0.25) is 5.91 Å². The average Bonchev–Trinajstić information content (AvgIpc) is 2.26. The lowest BCUT2D eigenvalue weighted by molar-refractivity contribution is -0.122. The number of likely N-dealkylation sites (N-methyl/N-ethyl adjacent to an activating group) is 1. The Kier molecular flexibility index (Phi) is 5.05. The third-order valence-corrected chi connectivity index (χ3v) is 3.42. The Labute approximate surface area is 92.2 Å². The summed E-state index contributed by atoms with van der Waals surface area (Å²) < 4.78 is 0. The molecule has 0 aromatic heterocycles. The van der Waals surface area contributed by atoms with Crippen LogP contribution in [0, 0.1) is 5.92 Å². The molecular formula is C11H23N3O. The first-order valence-corrected chi connectivity index (χ1v) is 5.81. The predicted octanol–water partition coefficient (Wildman–Crippen LogP) is 0.182. The molecule has 15 heavy (non-hydrogen) atoms. The quantitative estimate of drug-likeness (QED) is 0.685. The summed E-state index contributed by atoms with van der Waals surface area (Å²) in [5.74, 6) is 0.580. The highest BCUT2D eigenvalue weighted by Gasteiger charge is 2.17. The molecule has 4 heteroatoms. The van der Waals surface area contributed by atoms with Crippen molar-refractivity contribution in [3.8, 4) is 0 Å². The minimum Gasteiger partial charge on any atom is -0.368 e. The Hall–Kier alpha value is -0.610. The normalized spacial score (nSPS) is 20.5. The second kappa shape index (κ2) is 6.08. The van der Waals surface area contributed by atoms with E-state index in [-0.39, 0.29) is 11.9 Å². The van der Waals surface area contributed by atoms with E-state index in [4.69, 9.17) is 5.73 Å². The van der Waals surface area contributed by atoms with Crippen molar-refractivity contribution in [2.24, 2.45) is 11.7 Å². The number of hydrogen-bond acceptors (Lipinski definition) is 3. The summed E-state index contributed by atoms with van der Waals surface area (Å²) in [5, 5.41) is 3.36. The topological polar surface area (TPSA) is 58.4 Å². The van der Waals surface area contributed by atoms with Gasteiger partial charge in [-0.3, -0.25) is 9.69 Å². The van der Waals surface area contributed by atoms with E-state index in [1.165, 1.54) is 19.3 Å². The van der Waals surface area contributed by atoms with Gasteiger partial charge in [-0.15, -0.1) is 0 Å². The zero-order valence-electron chi connectivity index (χ0n) is 9.83. The number of piperidine rings is 1. The molecular weight excluding hydrogens is 190 g/mol. The highest BCUT2D eigenvalue weighted by molar-refractivity contribution is 5.79. The van der Waals surface area contributed by atoms with E-state index >= 15 is 0 Å². The predicted molar refractivity (Wildman–Crippen MR) is 61.5 cm³/mol. The molecule has 3 N–H and O–H groups in total. The van der Waals surface area contributed by atoms with Gasteiger partial charge in [-0.05, 0) is 58.8 Å². The van der Waals surface area contributed by atoms with Crippen molar-refractivity contribution >= 4 is 5.91 Å². The highest BCUT2D eigenvalue weighted by Crippen LogP contribution is 2.16. The summed E-state index contributed by atoms with van der Waals surface area (Å²) >= 11 is 0. The van der Waals surface area contributed by atoms with E-state index in [1.807, 2.05) is 18.9 Å². The van der Waals surface area contributed by atoms with Gasteiger partial charge in [-0.1, -0.05) is 0 Å². The zero-order chi connectivity index (χ0) is 11.3. The smallest absolute Gasteiger partial charge is 0.234 e. The minimum atomic E-state index is -0.234. The van der Waals surface area contributed by atoms with Crippen LogP contribution < -0.4 is 11.1 Å². The molecule has 88 valence electrons. The minimum absolute atomic E-state index is 0.147. The first-order chi connectivity index (χ1) is 7.11. The van der Waals surface area contributed by atoms with Crippen LogP contribution in [0.4, 0.5) is 0 Å². The van der Waals surface area contributed by atoms with Crippen LogP contribution in [0.2, 0.25) is 0 Å². The second-order valence-corrected chi connectivity index (χ2v) is 4.54. The second-order valence-electron chi connectivity index (χ2n) is 4.54. The molecule has 1 atom stereocenters. The molecule has 1 saturated heterocycles. The van der Waals surface area contributed by atoms with Crippen LogP contribution in [-0.4, -0.2) is 43.5 Å². The van der Waals surface area contributed by atoms with Crippen LogP contribution in [0.3, 0.4) is 0 Å². The van der Waals surface area contributed by atoms with Crippen molar-refractivity contribution in [3.05, 3.63) is 0 Å². The summed E-state index contributed by atoms with van der Waals surface area (Å²) in [5.41, 5.74) is 5.26. The maximum atomic E-state index is 11.0. The van der Waals surface area contributed by atoms with Crippen LogP contribution in [0.5, 0.6) is 0 Å². The number of rotatable bonds is 5. The van der Waals surface area contributed by atoms with E-state index in [0.717, 1.165) is 25.6 Å². The molecule has 0 radical (unpaired) electrons. The van der Waals surface area contributed by atoms with Gasteiger partial charge in [0, 0.05) is 0 Å². The van der Waals surface area contributed by atoms with Gasteiger partial charge in [-0.25, -0.2) is 0 Å². The maximum Gasteiger partial charge on any atom is 0.234 e. The number of carbonyl (C=O) groups is 1. The fourth-order valence-corrected chi connectivity index (χ4v) is 1.97. The van der Waals surface area contributed by atoms with Crippen molar-refractivity contribution in [1.82, 2.24) is 10.2 Å². The van der Waals surface area contributed by atoms with Crippen molar-refractivity contribution in [2.45, 2.75) is 32.2 Å². The van der Waals surface area contributed by atoms with Gasteiger partial charge in [0.1, 0.15) is 0 Å². The van der Waals surface area contributed by atoms with Gasteiger partial charge in [0.15, 0.2) is 0 Å². The number of nitrogens with zero attached hydrogens (tertiary/aromatic N) is 1. The number of amides is 1. The molecule has 0 aliphatic carbocycles. The van der Waals surface area contributed by atoms with Crippen LogP contribution in [0.1, 0.15) is 26.2 Å². The maximum absolute atomic E-state index is 11.0. The Morgan fingerprint density at radius 1 is 1.53 bits per heavy atom. The molecule has 0 saturated carbocycles. The molecule has 0 bridgehead atoms. The lowest BCUT2D eigenvalue weighted by Gasteiger charge is -2.27. The number of hydrogen-bond donors (Lipinski definition) is 2. The van der Waals surface area contributed by atoms with Gasteiger partial charge < -0.3 is 11.1 Å². The van der Waals surface area contributed by atoms with E-state index in [9.17, 15) is 4.79 Å². The molecule has 0 spiro atoms. The first kappa shape index (κ1) is 12.5. The molecule has 1 fully saturated rings. The molecule has 1 rings (SSSR count). The largest absolute Gasteiger partial charge is 0.368 e. The van der Waals surface area contributed by atoms with E-state index in [1.54, 1.807) is 0 Å². The van der Waals surface area contributed by atoms with Crippen molar-refractivity contribution in [1.29, 1.82) is 0 Å². The van der Waals surface area contributed by atoms with E-state index in [2.05, 4.69) is 5.32 Å². The van der Waals surface area contributed by atoms with Crippen LogP contribution in [0.25, 0.3) is 0 Å². The number of primary amides is 1. The number of nitrogens with two attached hydrogens (primary N) is 1. The molecule has 1 amide bonds. The Balaban J connectivity index is 2.20. The van der Waals surface area contributed by atoms with Gasteiger partial charge in [-0.2, -0.15) is 0 Å². The molecule has 1 aliphatic rings. The third kappa shape index (κ3) is 4.18. The zero-order valence-corrected chi connectivity index (χ0v) is 9.83. The fraction of sp³-hybridized carbons (Fsp3) is 0.909. The van der Waals surface area contributed by atoms with Crippen LogP contribution in [-0.2, 0) is 4.79 Å². The Morgan fingerprint density at radius 3 is 2.67 bits per heavy atom. The van der Waals surface area contributed by atoms with Crippen molar-refractivity contribution in [2.75, 3.05) is 26.7 Å². The Morgan fingerprint density at radius 2 is 2.13 bits per heavy atom. The van der Waals surface area contributed by atoms with Crippen LogP contribution in [0.15, 0.2) is 0 Å². The summed E-state index contributed by atoms with van der Waals surface area (Å²) in [6, 6.07) is -0.147. The van der Waals surface area contributed by atoms with Crippen molar-refractivity contribution in [3.63, 3.8) is 0 Å². The summed E-state index contributed by atoms with van der Waals surface area (Å²) in [6.07, 6.45) is 3.70. The van der Waals surface area contributed by atoms with Gasteiger partial charge >= 0.3 is 0 Å². The average molecular weight is 213 g/mol. The van der Waals surface area contributed by atoms with E-state index < -0.39 is 0 Å². The first-order valence-electron chi connectivity index (χ1n) is 5.81. The van der Waals surface area contributed by atoms with E-state index in [0.29, 0.717) is 0 Å². The monoisotopic (exact) mass is 213 g/mol. The SMILES string of the molecule is CC(C(N)=O)N(C)CCC1CCNCC1. The molecule has 1 aliphatic heterocycles.